The number of rotatable bonds is 4. The first-order chi connectivity index (χ1) is 7.90. The molecular weight excluding hydrogens is 212 g/mol. The van der Waals surface area contributed by atoms with Crippen molar-refractivity contribution in [2.75, 3.05) is 26.0 Å². The van der Waals surface area contributed by atoms with Crippen molar-refractivity contribution in [1.82, 2.24) is 4.90 Å². The SMILES string of the molecule is Cc1ccc(NC(=O)CN(C)C)cc1C(C)C. The van der Waals surface area contributed by atoms with Crippen LogP contribution in [-0.4, -0.2) is 31.4 Å². The summed E-state index contributed by atoms with van der Waals surface area (Å²) in [6, 6.07) is 6.07. The molecule has 3 nitrogen and oxygen atoms in total. The van der Waals surface area contributed by atoms with Gasteiger partial charge in [0, 0.05) is 5.69 Å². The van der Waals surface area contributed by atoms with E-state index in [-0.39, 0.29) is 5.91 Å². The molecule has 0 unspecified atom stereocenters. The van der Waals surface area contributed by atoms with Crippen LogP contribution >= 0.6 is 0 Å². The molecule has 0 saturated heterocycles. The van der Waals surface area contributed by atoms with Crippen LogP contribution in [0.4, 0.5) is 5.69 Å². The fourth-order valence-electron chi connectivity index (χ4n) is 1.83. The Hall–Kier alpha value is -1.35. The van der Waals surface area contributed by atoms with Gasteiger partial charge in [-0.25, -0.2) is 0 Å². The van der Waals surface area contributed by atoms with Gasteiger partial charge in [0.2, 0.25) is 5.91 Å². The zero-order valence-electron chi connectivity index (χ0n) is 11.4. The number of hydrogen-bond donors (Lipinski definition) is 1. The van der Waals surface area contributed by atoms with Crippen molar-refractivity contribution < 1.29 is 4.79 Å². The number of amides is 1. The van der Waals surface area contributed by atoms with Crippen molar-refractivity contribution in [3.63, 3.8) is 0 Å². The summed E-state index contributed by atoms with van der Waals surface area (Å²) < 4.78 is 0. The Morgan fingerprint density at radius 2 is 2.00 bits per heavy atom. The Labute approximate surface area is 104 Å². The smallest absolute Gasteiger partial charge is 0.238 e. The maximum atomic E-state index is 11.6. The van der Waals surface area contributed by atoms with Gasteiger partial charge in [0.05, 0.1) is 6.54 Å². The van der Waals surface area contributed by atoms with Crippen LogP contribution in [0.5, 0.6) is 0 Å². The number of anilines is 1. The summed E-state index contributed by atoms with van der Waals surface area (Å²) in [6.07, 6.45) is 0. The lowest BCUT2D eigenvalue weighted by molar-refractivity contribution is -0.116. The molecule has 1 rings (SSSR count). The molecule has 0 saturated carbocycles. The van der Waals surface area contributed by atoms with Crippen LogP contribution in [0.2, 0.25) is 0 Å². The van der Waals surface area contributed by atoms with Crippen molar-refractivity contribution in [2.45, 2.75) is 26.7 Å². The predicted octanol–water partition coefficient (Wildman–Crippen LogP) is 2.62. The van der Waals surface area contributed by atoms with Crippen LogP contribution in [-0.2, 0) is 4.79 Å². The first-order valence-corrected chi connectivity index (χ1v) is 5.95. The molecule has 3 heteroatoms. The Kier molecular flexibility index (Phi) is 4.70. The second-order valence-electron chi connectivity index (χ2n) is 5.01. The summed E-state index contributed by atoms with van der Waals surface area (Å²) in [4.78, 5) is 13.5. The summed E-state index contributed by atoms with van der Waals surface area (Å²) in [5.74, 6) is 0.495. The van der Waals surface area contributed by atoms with E-state index in [0.29, 0.717) is 12.5 Å². The monoisotopic (exact) mass is 234 g/mol. The van der Waals surface area contributed by atoms with Crippen molar-refractivity contribution >= 4 is 11.6 Å². The highest BCUT2D eigenvalue weighted by molar-refractivity contribution is 5.92. The van der Waals surface area contributed by atoms with Gasteiger partial charge < -0.3 is 10.2 Å². The Morgan fingerprint density at radius 3 is 2.53 bits per heavy atom. The topological polar surface area (TPSA) is 32.3 Å². The van der Waals surface area contributed by atoms with Gasteiger partial charge in [0.15, 0.2) is 0 Å². The van der Waals surface area contributed by atoms with E-state index in [4.69, 9.17) is 0 Å². The molecule has 1 aromatic rings. The van der Waals surface area contributed by atoms with Crippen molar-refractivity contribution in [1.29, 1.82) is 0 Å². The minimum absolute atomic E-state index is 0.0218. The van der Waals surface area contributed by atoms with Gasteiger partial charge >= 0.3 is 0 Å². The van der Waals surface area contributed by atoms with Crippen LogP contribution in [0, 0.1) is 6.92 Å². The van der Waals surface area contributed by atoms with E-state index in [9.17, 15) is 4.79 Å². The Bertz CT molecular complexity index is 397. The third-order valence-electron chi connectivity index (χ3n) is 2.64. The quantitative estimate of drug-likeness (QED) is 0.868. The Balaban J connectivity index is 2.79. The molecule has 1 amide bonds. The number of nitrogens with zero attached hydrogens (tertiary/aromatic N) is 1. The van der Waals surface area contributed by atoms with Gasteiger partial charge in [0.25, 0.3) is 0 Å². The molecular formula is C14H22N2O. The fourth-order valence-corrected chi connectivity index (χ4v) is 1.83. The zero-order chi connectivity index (χ0) is 13.0. The zero-order valence-corrected chi connectivity index (χ0v) is 11.4. The molecule has 0 heterocycles. The molecule has 94 valence electrons. The lowest BCUT2D eigenvalue weighted by atomic mass is 9.97. The van der Waals surface area contributed by atoms with Crippen molar-refractivity contribution in [2.24, 2.45) is 0 Å². The summed E-state index contributed by atoms with van der Waals surface area (Å²) in [6.45, 7) is 6.83. The van der Waals surface area contributed by atoms with E-state index >= 15 is 0 Å². The number of benzene rings is 1. The van der Waals surface area contributed by atoms with Crippen LogP contribution in [0.15, 0.2) is 18.2 Å². The Morgan fingerprint density at radius 1 is 1.35 bits per heavy atom. The first kappa shape index (κ1) is 13.7. The molecule has 0 atom stereocenters. The normalized spacial score (nSPS) is 11.0. The molecule has 0 aliphatic heterocycles. The lowest BCUT2D eigenvalue weighted by Gasteiger charge is -2.14. The van der Waals surface area contributed by atoms with Crippen molar-refractivity contribution in [3.05, 3.63) is 29.3 Å². The molecule has 1 aromatic carbocycles. The van der Waals surface area contributed by atoms with Gasteiger partial charge in [-0.3, -0.25) is 4.79 Å². The first-order valence-electron chi connectivity index (χ1n) is 5.95. The minimum Gasteiger partial charge on any atom is -0.325 e. The summed E-state index contributed by atoms with van der Waals surface area (Å²) >= 11 is 0. The van der Waals surface area contributed by atoms with E-state index < -0.39 is 0 Å². The molecule has 0 aliphatic rings. The fraction of sp³-hybridized carbons (Fsp3) is 0.500. The second kappa shape index (κ2) is 5.82. The highest BCUT2D eigenvalue weighted by atomic mass is 16.2. The van der Waals surface area contributed by atoms with Gasteiger partial charge in [-0.2, -0.15) is 0 Å². The largest absolute Gasteiger partial charge is 0.325 e. The third kappa shape index (κ3) is 4.19. The summed E-state index contributed by atoms with van der Waals surface area (Å²) in [5, 5.41) is 2.92. The van der Waals surface area contributed by atoms with E-state index in [2.05, 4.69) is 38.2 Å². The number of carbonyl (C=O) groups is 1. The van der Waals surface area contributed by atoms with Gasteiger partial charge in [-0.15, -0.1) is 0 Å². The lowest BCUT2D eigenvalue weighted by Crippen LogP contribution is -2.27. The van der Waals surface area contributed by atoms with E-state index in [0.717, 1.165) is 5.69 Å². The highest BCUT2D eigenvalue weighted by Gasteiger charge is 2.07. The molecule has 17 heavy (non-hydrogen) atoms. The van der Waals surface area contributed by atoms with E-state index in [1.165, 1.54) is 11.1 Å². The van der Waals surface area contributed by atoms with Crippen LogP contribution in [0.25, 0.3) is 0 Å². The van der Waals surface area contributed by atoms with Gasteiger partial charge in [0.1, 0.15) is 0 Å². The molecule has 0 spiro atoms. The third-order valence-corrected chi connectivity index (χ3v) is 2.64. The number of likely N-dealkylation sites (N-methyl/N-ethyl adjacent to an activating group) is 1. The van der Waals surface area contributed by atoms with Gasteiger partial charge in [-0.05, 0) is 50.2 Å². The van der Waals surface area contributed by atoms with Crippen LogP contribution in [0.3, 0.4) is 0 Å². The molecule has 0 fully saturated rings. The second-order valence-corrected chi connectivity index (χ2v) is 5.01. The minimum atomic E-state index is 0.0218. The van der Waals surface area contributed by atoms with Crippen molar-refractivity contribution in [3.8, 4) is 0 Å². The molecule has 1 N–H and O–H groups in total. The number of hydrogen-bond acceptors (Lipinski definition) is 2. The van der Waals surface area contributed by atoms with Crippen LogP contribution < -0.4 is 5.32 Å². The van der Waals surface area contributed by atoms with E-state index in [1.54, 1.807) is 0 Å². The molecule has 0 radical (unpaired) electrons. The maximum Gasteiger partial charge on any atom is 0.238 e. The molecule has 0 aliphatic carbocycles. The standard InChI is InChI=1S/C14H22N2O/c1-10(2)13-8-12(7-6-11(13)3)15-14(17)9-16(4)5/h6-8,10H,9H2,1-5H3,(H,15,17). The maximum absolute atomic E-state index is 11.6. The van der Waals surface area contributed by atoms with Crippen LogP contribution in [0.1, 0.15) is 30.9 Å². The average molecular weight is 234 g/mol. The number of carbonyl (C=O) groups excluding carboxylic acids is 1. The number of nitrogens with one attached hydrogen (secondary N) is 1. The predicted molar refractivity (Wildman–Crippen MR) is 72.5 cm³/mol. The van der Waals surface area contributed by atoms with Gasteiger partial charge in [-0.1, -0.05) is 19.9 Å². The summed E-state index contributed by atoms with van der Waals surface area (Å²) in [5.41, 5.74) is 3.43. The molecule has 0 aromatic heterocycles. The average Bonchev–Trinajstić information content (AvgIpc) is 2.19. The van der Waals surface area contributed by atoms with E-state index in [1.807, 2.05) is 25.1 Å². The highest BCUT2D eigenvalue weighted by Crippen LogP contribution is 2.22. The molecule has 0 bridgehead atoms. The number of aryl methyl sites for hydroxylation is 1. The summed E-state index contributed by atoms with van der Waals surface area (Å²) in [7, 11) is 3.77.